The van der Waals surface area contributed by atoms with Gasteiger partial charge in [0, 0.05) is 61.0 Å². The number of nitrogens with one attached hydrogen (secondary N) is 2. The topological polar surface area (TPSA) is 199 Å². The summed E-state index contributed by atoms with van der Waals surface area (Å²) < 4.78 is 20.5. The minimum absolute atomic E-state index is 0.0269. The third-order valence-corrected chi connectivity index (χ3v) is 15.3. The largest absolute Gasteiger partial charge is 0.494 e. The lowest BCUT2D eigenvalue weighted by Crippen LogP contribution is -2.56. The number of β-amino-alcohol motifs (C(OH)–C–C–N with tert-alkyl or cyclic N) is 1. The highest BCUT2D eigenvalue weighted by Crippen LogP contribution is 2.40. The number of carbonyl (C=O) groups is 4. The van der Waals surface area contributed by atoms with Gasteiger partial charge in [0.2, 0.25) is 17.7 Å². The number of thiophene rings is 1. The van der Waals surface area contributed by atoms with Crippen molar-refractivity contribution in [3.05, 3.63) is 123 Å². The fourth-order valence-corrected chi connectivity index (χ4v) is 11.2. The van der Waals surface area contributed by atoms with Crippen LogP contribution in [0.25, 0.3) is 15.4 Å². The molecule has 18 heteroatoms. The Kier molecular flexibility index (Phi) is 16.7. The van der Waals surface area contributed by atoms with Crippen LogP contribution in [-0.4, -0.2) is 110 Å². The number of aryl methyl sites for hydroxylation is 4. The number of aliphatic hydroxyl groups excluding tert-OH is 1. The number of benzene rings is 3. The number of ether oxygens (including phenoxy) is 3. The van der Waals surface area contributed by atoms with E-state index in [1.807, 2.05) is 112 Å². The Labute approximate surface area is 434 Å². The standard InChI is InChI=1S/C55H64N8O8S2/c1-32-34(3)73-54-48(32)49(59-43(52-61-60-35(4)63(52)54)29-47(67)58-40-13-10-9-11-14-40)38-17-20-42(21-18-38)70-24-12-23-69-25-26-71-46-27-39(50-33(2)56-31-72-50)16-15-37(46)19-22-45(66)44-28-41(65)30-62(44)53(68)51(55(6,7)8)57-36(5)64/h9-11,13-18,20-21,27,31,41,43-44,51,65H,12,19,22-26,28-30H2,1-8H3,(H,57,64)(H,58,67)/t41-,43+,44+,51-/m1/s1. The summed E-state index contributed by atoms with van der Waals surface area (Å²) in [5.41, 5.74) is 8.40. The summed E-state index contributed by atoms with van der Waals surface area (Å²) in [6.45, 7) is 16.5. The van der Waals surface area contributed by atoms with Gasteiger partial charge in [-0.2, -0.15) is 0 Å². The number of amides is 3. The van der Waals surface area contributed by atoms with Crippen LogP contribution in [0, 0.1) is 33.1 Å². The smallest absolute Gasteiger partial charge is 0.246 e. The SMILES string of the molecule is CC(=O)N[C@H](C(=O)N1C[C@H](O)C[C@H]1C(=O)CCc1ccc(-c2scnc2C)cc1OCCOCCCOc1ccc(C2=N[C@@H](CC(=O)Nc3ccccc3)c3nnc(C)n3-c3sc(C)c(C)c32)cc1)C(C)(C)C. The van der Waals surface area contributed by atoms with Crippen LogP contribution in [0.2, 0.25) is 0 Å². The molecule has 3 aromatic carbocycles. The van der Waals surface area contributed by atoms with Gasteiger partial charge in [-0.3, -0.25) is 28.7 Å². The molecule has 1 fully saturated rings. The van der Waals surface area contributed by atoms with Gasteiger partial charge in [0.1, 0.15) is 41.0 Å². The summed E-state index contributed by atoms with van der Waals surface area (Å²) in [6.07, 6.45) is 0.510. The van der Waals surface area contributed by atoms with Crippen LogP contribution in [0.1, 0.15) is 104 Å². The molecule has 0 spiro atoms. The third-order valence-electron chi connectivity index (χ3n) is 13.1. The van der Waals surface area contributed by atoms with Crippen molar-refractivity contribution in [1.29, 1.82) is 0 Å². The van der Waals surface area contributed by atoms with Crippen molar-refractivity contribution >= 4 is 57.6 Å². The average Bonchev–Trinajstić information content (AvgIpc) is 4.13. The van der Waals surface area contributed by atoms with E-state index in [0.29, 0.717) is 55.7 Å². The lowest BCUT2D eigenvalue weighted by molar-refractivity contribution is -0.143. The molecule has 3 amide bonds. The van der Waals surface area contributed by atoms with E-state index in [0.717, 1.165) is 59.8 Å². The van der Waals surface area contributed by atoms with Crippen LogP contribution in [0.3, 0.4) is 0 Å². The summed E-state index contributed by atoms with van der Waals surface area (Å²) in [4.78, 5) is 66.4. The van der Waals surface area contributed by atoms with Crippen molar-refractivity contribution in [3.63, 3.8) is 0 Å². The summed E-state index contributed by atoms with van der Waals surface area (Å²) in [5, 5.41) is 26.3. The molecule has 2 aliphatic heterocycles. The van der Waals surface area contributed by atoms with Gasteiger partial charge < -0.3 is 34.9 Å². The predicted octanol–water partition coefficient (Wildman–Crippen LogP) is 8.49. The van der Waals surface area contributed by atoms with Crippen molar-refractivity contribution in [1.82, 2.24) is 30.0 Å². The maximum atomic E-state index is 13.8. The minimum atomic E-state index is -0.848. The Balaban J connectivity index is 0.860. The van der Waals surface area contributed by atoms with Crippen LogP contribution in [-0.2, 0) is 30.3 Å². The summed E-state index contributed by atoms with van der Waals surface area (Å²) in [5.74, 6) is 1.63. The highest BCUT2D eigenvalue weighted by molar-refractivity contribution is 7.15. The van der Waals surface area contributed by atoms with Crippen molar-refractivity contribution in [2.45, 2.75) is 112 Å². The molecule has 5 heterocycles. The number of rotatable bonds is 20. The zero-order valence-electron chi connectivity index (χ0n) is 42.7. The van der Waals surface area contributed by atoms with Crippen LogP contribution < -0.4 is 20.1 Å². The second-order valence-corrected chi connectivity index (χ2v) is 21.7. The number of para-hydroxylation sites is 1. The van der Waals surface area contributed by atoms with E-state index in [9.17, 15) is 24.3 Å². The van der Waals surface area contributed by atoms with Gasteiger partial charge in [0.25, 0.3) is 0 Å². The zero-order valence-corrected chi connectivity index (χ0v) is 44.3. The van der Waals surface area contributed by atoms with E-state index in [2.05, 4.69) is 39.7 Å². The maximum absolute atomic E-state index is 13.8. The highest BCUT2D eigenvalue weighted by Gasteiger charge is 2.44. The summed E-state index contributed by atoms with van der Waals surface area (Å²) in [7, 11) is 0. The number of nitrogens with zero attached hydrogens (tertiary/aromatic N) is 6. The number of thiazole rings is 1. The van der Waals surface area contributed by atoms with Gasteiger partial charge in [-0.05, 0) is 98.7 Å². The number of hydrogen-bond donors (Lipinski definition) is 3. The molecule has 16 nitrogen and oxygen atoms in total. The Morgan fingerprint density at radius 2 is 1.66 bits per heavy atom. The first-order valence-electron chi connectivity index (χ1n) is 24.7. The van der Waals surface area contributed by atoms with Crippen molar-refractivity contribution < 1.29 is 38.5 Å². The molecule has 73 heavy (non-hydrogen) atoms. The second-order valence-electron chi connectivity index (χ2n) is 19.7. The van der Waals surface area contributed by atoms with E-state index in [1.165, 1.54) is 11.8 Å². The number of hydrogen-bond acceptors (Lipinski definition) is 14. The summed E-state index contributed by atoms with van der Waals surface area (Å²) in [6, 6.07) is 21.0. The van der Waals surface area contributed by atoms with E-state index in [1.54, 1.807) is 28.2 Å². The number of ketones is 1. The number of carbonyl (C=O) groups excluding carboxylic acids is 4. The van der Waals surface area contributed by atoms with Crippen molar-refractivity contribution in [2.75, 3.05) is 38.3 Å². The number of anilines is 1. The van der Waals surface area contributed by atoms with Crippen LogP contribution in [0.15, 0.2) is 83.3 Å². The first-order valence-corrected chi connectivity index (χ1v) is 26.4. The quantitative estimate of drug-likeness (QED) is 0.0620. The minimum Gasteiger partial charge on any atom is -0.494 e. The van der Waals surface area contributed by atoms with Crippen molar-refractivity contribution in [3.8, 4) is 26.9 Å². The Morgan fingerprint density at radius 3 is 2.37 bits per heavy atom. The molecule has 3 aromatic heterocycles. The fraction of sp³-hybridized carbons (Fsp3) is 0.418. The van der Waals surface area contributed by atoms with Crippen LogP contribution in [0.5, 0.6) is 11.5 Å². The molecular formula is C55H64N8O8S2. The molecule has 4 atom stereocenters. The molecule has 0 radical (unpaired) electrons. The van der Waals surface area contributed by atoms with Crippen molar-refractivity contribution in [2.24, 2.45) is 10.4 Å². The predicted molar refractivity (Wildman–Crippen MR) is 283 cm³/mol. The first kappa shape index (κ1) is 52.7. The molecule has 384 valence electrons. The van der Waals surface area contributed by atoms with E-state index >= 15 is 0 Å². The van der Waals surface area contributed by atoms with Crippen LogP contribution in [0.4, 0.5) is 5.69 Å². The molecule has 0 bridgehead atoms. The first-order chi connectivity index (χ1) is 35.0. The number of Topliss-reactive ketones (excluding diaryl/α,β-unsaturated/α-hetero) is 1. The Bertz CT molecular complexity index is 2980. The van der Waals surface area contributed by atoms with Gasteiger partial charge in [-0.1, -0.05) is 51.1 Å². The van der Waals surface area contributed by atoms with E-state index in [4.69, 9.17) is 19.2 Å². The molecule has 0 aliphatic carbocycles. The van der Waals surface area contributed by atoms with Gasteiger partial charge in [0.15, 0.2) is 11.6 Å². The molecule has 0 saturated carbocycles. The number of aromatic nitrogens is 4. The second kappa shape index (κ2) is 23.1. The monoisotopic (exact) mass is 1030 g/mol. The Hall–Kier alpha value is -6.60. The highest BCUT2D eigenvalue weighted by atomic mass is 32.1. The molecule has 0 unspecified atom stereocenters. The lowest BCUT2D eigenvalue weighted by Gasteiger charge is -2.35. The molecule has 3 N–H and O–H groups in total. The molecule has 1 saturated heterocycles. The fourth-order valence-electron chi connectivity index (χ4n) is 9.23. The number of fused-ring (bicyclic) bond motifs is 3. The van der Waals surface area contributed by atoms with E-state index in [-0.39, 0.29) is 55.9 Å². The number of likely N-dealkylation sites (tertiary alicyclic amines) is 1. The third kappa shape index (κ3) is 12.4. The molecular weight excluding hydrogens is 965 g/mol. The van der Waals surface area contributed by atoms with Gasteiger partial charge in [0.05, 0.1) is 53.6 Å². The maximum Gasteiger partial charge on any atom is 0.246 e. The summed E-state index contributed by atoms with van der Waals surface area (Å²) >= 11 is 3.21. The van der Waals surface area contributed by atoms with Gasteiger partial charge in [-0.15, -0.1) is 32.9 Å². The van der Waals surface area contributed by atoms with Crippen LogP contribution >= 0.6 is 22.7 Å². The number of aliphatic hydroxyl groups is 1. The average molecular weight is 1030 g/mol. The Morgan fingerprint density at radius 1 is 0.904 bits per heavy atom. The zero-order chi connectivity index (χ0) is 52.0. The van der Waals surface area contributed by atoms with Gasteiger partial charge in [-0.25, -0.2) is 4.98 Å². The lowest BCUT2D eigenvalue weighted by atomic mass is 9.85. The molecule has 2 aliphatic rings. The normalized spacial score (nSPS) is 16.8. The molecule has 8 rings (SSSR count). The van der Waals surface area contributed by atoms with E-state index < -0.39 is 29.6 Å². The molecule has 6 aromatic rings. The number of aliphatic imine (C=N–C) groups is 1. The van der Waals surface area contributed by atoms with Gasteiger partial charge >= 0.3 is 0 Å².